The van der Waals surface area contributed by atoms with Crippen LogP contribution in [0.5, 0.6) is 0 Å². The van der Waals surface area contributed by atoms with Crippen molar-refractivity contribution in [2.75, 3.05) is 26.2 Å². The van der Waals surface area contributed by atoms with Crippen molar-refractivity contribution in [1.29, 1.82) is 0 Å². The Balaban J connectivity index is 0.00000180. The monoisotopic (exact) mass is 286 g/mol. The van der Waals surface area contributed by atoms with Crippen LogP contribution in [0, 0.1) is 5.92 Å². The third-order valence-electron chi connectivity index (χ3n) is 3.76. The van der Waals surface area contributed by atoms with Crippen molar-refractivity contribution in [2.24, 2.45) is 13.0 Å². The molecule has 0 bridgehead atoms. The summed E-state index contributed by atoms with van der Waals surface area (Å²) in [4.78, 5) is 14.4. The second kappa shape index (κ2) is 6.91. The van der Waals surface area contributed by atoms with Crippen LogP contribution in [0.15, 0.2) is 12.4 Å². The van der Waals surface area contributed by atoms with Gasteiger partial charge in [0.1, 0.15) is 0 Å². The van der Waals surface area contributed by atoms with Gasteiger partial charge in [-0.05, 0) is 19.4 Å². The van der Waals surface area contributed by atoms with Crippen LogP contribution in [0.4, 0.5) is 0 Å². The Hall–Kier alpha value is -1.07. The molecule has 2 atom stereocenters. The van der Waals surface area contributed by atoms with Gasteiger partial charge in [-0.15, -0.1) is 12.4 Å². The van der Waals surface area contributed by atoms with E-state index in [0.717, 1.165) is 31.7 Å². The van der Waals surface area contributed by atoms with Gasteiger partial charge in [-0.1, -0.05) is 0 Å². The van der Waals surface area contributed by atoms with Crippen molar-refractivity contribution in [2.45, 2.75) is 19.8 Å². The maximum absolute atomic E-state index is 12.5. The largest absolute Gasteiger partial charge is 0.343 e. The molecular weight excluding hydrogens is 264 g/mol. The Kier molecular flexibility index (Phi) is 5.82. The molecule has 0 unspecified atom stereocenters. The fourth-order valence-corrected chi connectivity index (χ4v) is 2.69. The molecular formula is C13H23ClN4O. The number of amides is 1. The maximum Gasteiger partial charge on any atom is 0.227 e. The fourth-order valence-electron chi connectivity index (χ4n) is 2.69. The number of aryl methyl sites for hydroxylation is 1. The highest BCUT2D eigenvalue weighted by molar-refractivity contribution is 5.85. The predicted octanol–water partition coefficient (Wildman–Crippen LogP) is 1.01. The van der Waals surface area contributed by atoms with Crippen LogP contribution in [-0.2, 0) is 11.8 Å². The smallest absolute Gasteiger partial charge is 0.227 e. The lowest BCUT2D eigenvalue weighted by Gasteiger charge is -2.25. The van der Waals surface area contributed by atoms with Crippen LogP contribution >= 0.6 is 12.4 Å². The lowest BCUT2D eigenvalue weighted by atomic mass is 9.90. The van der Waals surface area contributed by atoms with Crippen LogP contribution in [0.2, 0.25) is 0 Å². The number of nitrogens with one attached hydrogen (secondary N) is 1. The Labute approximate surface area is 120 Å². The molecule has 0 spiro atoms. The average molecular weight is 287 g/mol. The van der Waals surface area contributed by atoms with E-state index in [-0.39, 0.29) is 30.2 Å². The molecule has 0 aromatic carbocycles. The molecule has 2 heterocycles. The molecule has 1 fully saturated rings. The topological polar surface area (TPSA) is 50.2 Å². The second-order valence-electron chi connectivity index (χ2n) is 4.83. The molecule has 1 aliphatic rings. The van der Waals surface area contributed by atoms with E-state index in [1.807, 2.05) is 38.2 Å². The number of nitrogens with zero attached hydrogens (tertiary/aromatic N) is 3. The molecule has 1 amide bonds. The van der Waals surface area contributed by atoms with Gasteiger partial charge in [0, 0.05) is 45.3 Å². The number of carbonyl (C=O) groups excluding carboxylic acids is 1. The molecule has 19 heavy (non-hydrogen) atoms. The summed E-state index contributed by atoms with van der Waals surface area (Å²) >= 11 is 0. The second-order valence-corrected chi connectivity index (χ2v) is 4.83. The van der Waals surface area contributed by atoms with Gasteiger partial charge in [0.05, 0.1) is 12.1 Å². The molecule has 6 heteroatoms. The van der Waals surface area contributed by atoms with Gasteiger partial charge in [0.2, 0.25) is 5.91 Å². The summed E-state index contributed by atoms with van der Waals surface area (Å²) in [5, 5.41) is 7.53. The SMILES string of the molecule is CCN(CC)C(=O)[C@H]1CNC[C@@H]1c1cnn(C)c1.Cl. The van der Waals surface area contributed by atoms with E-state index in [0.29, 0.717) is 0 Å². The summed E-state index contributed by atoms with van der Waals surface area (Å²) in [6.07, 6.45) is 3.89. The van der Waals surface area contributed by atoms with Crippen LogP contribution in [0.3, 0.4) is 0 Å². The average Bonchev–Trinajstić information content (AvgIpc) is 2.98. The Morgan fingerprint density at radius 3 is 2.68 bits per heavy atom. The fraction of sp³-hybridized carbons (Fsp3) is 0.692. The number of hydrogen-bond acceptors (Lipinski definition) is 3. The first-order valence-electron chi connectivity index (χ1n) is 6.65. The van der Waals surface area contributed by atoms with Crippen molar-refractivity contribution in [3.05, 3.63) is 18.0 Å². The Bertz CT molecular complexity index is 417. The van der Waals surface area contributed by atoms with Gasteiger partial charge in [-0.2, -0.15) is 5.10 Å². The van der Waals surface area contributed by atoms with Crippen LogP contribution < -0.4 is 5.32 Å². The summed E-state index contributed by atoms with van der Waals surface area (Å²) in [5.41, 5.74) is 1.16. The molecule has 1 saturated heterocycles. The summed E-state index contributed by atoms with van der Waals surface area (Å²) < 4.78 is 1.80. The Morgan fingerprint density at radius 2 is 2.16 bits per heavy atom. The molecule has 1 aromatic rings. The highest BCUT2D eigenvalue weighted by Crippen LogP contribution is 2.29. The van der Waals surface area contributed by atoms with Crippen LogP contribution in [-0.4, -0.2) is 46.8 Å². The van der Waals surface area contributed by atoms with E-state index >= 15 is 0 Å². The lowest BCUT2D eigenvalue weighted by molar-refractivity contribution is -0.134. The van der Waals surface area contributed by atoms with Gasteiger partial charge >= 0.3 is 0 Å². The molecule has 108 valence electrons. The minimum absolute atomic E-state index is 0. The predicted molar refractivity (Wildman–Crippen MR) is 77.5 cm³/mol. The Morgan fingerprint density at radius 1 is 1.47 bits per heavy atom. The molecule has 0 aliphatic carbocycles. The first-order chi connectivity index (χ1) is 8.67. The number of rotatable bonds is 4. The lowest BCUT2D eigenvalue weighted by Crippen LogP contribution is -2.38. The third-order valence-corrected chi connectivity index (χ3v) is 3.76. The molecule has 1 aromatic heterocycles. The van der Waals surface area contributed by atoms with E-state index in [1.165, 1.54) is 0 Å². The van der Waals surface area contributed by atoms with E-state index in [1.54, 1.807) is 4.68 Å². The highest BCUT2D eigenvalue weighted by Gasteiger charge is 2.36. The van der Waals surface area contributed by atoms with E-state index in [9.17, 15) is 4.79 Å². The van der Waals surface area contributed by atoms with Gasteiger partial charge in [0.15, 0.2) is 0 Å². The summed E-state index contributed by atoms with van der Waals surface area (Å²) in [7, 11) is 1.91. The van der Waals surface area contributed by atoms with Gasteiger partial charge in [-0.25, -0.2) is 0 Å². The minimum Gasteiger partial charge on any atom is -0.343 e. The van der Waals surface area contributed by atoms with E-state index in [4.69, 9.17) is 0 Å². The van der Waals surface area contributed by atoms with Crippen molar-refractivity contribution >= 4 is 18.3 Å². The molecule has 5 nitrogen and oxygen atoms in total. The van der Waals surface area contributed by atoms with Gasteiger partial charge < -0.3 is 10.2 Å². The van der Waals surface area contributed by atoms with Crippen molar-refractivity contribution < 1.29 is 4.79 Å². The van der Waals surface area contributed by atoms with E-state index in [2.05, 4.69) is 10.4 Å². The maximum atomic E-state index is 12.5. The molecule has 1 N–H and O–H groups in total. The molecule has 0 saturated carbocycles. The van der Waals surface area contributed by atoms with Gasteiger partial charge in [-0.3, -0.25) is 9.48 Å². The number of carbonyl (C=O) groups is 1. The van der Waals surface area contributed by atoms with Crippen LogP contribution in [0.1, 0.15) is 25.3 Å². The zero-order valence-electron chi connectivity index (χ0n) is 11.8. The first-order valence-corrected chi connectivity index (χ1v) is 6.65. The molecule has 1 aliphatic heterocycles. The summed E-state index contributed by atoms with van der Waals surface area (Å²) in [5.74, 6) is 0.569. The van der Waals surface area contributed by atoms with Crippen molar-refractivity contribution in [1.82, 2.24) is 20.0 Å². The summed E-state index contributed by atoms with van der Waals surface area (Å²) in [6.45, 7) is 7.27. The molecule has 2 rings (SSSR count). The van der Waals surface area contributed by atoms with Crippen LogP contribution in [0.25, 0.3) is 0 Å². The number of halogens is 1. The van der Waals surface area contributed by atoms with Crippen molar-refractivity contribution in [3.8, 4) is 0 Å². The quantitative estimate of drug-likeness (QED) is 0.899. The first kappa shape index (κ1) is 16.0. The van der Waals surface area contributed by atoms with Gasteiger partial charge in [0.25, 0.3) is 0 Å². The van der Waals surface area contributed by atoms with Crippen molar-refractivity contribution in [3.63, 3.8) is 0 Å². The number of aromatic nitrogens is 2. The zero-order chi connectivity index (χ0) is 13.1. The summed E-state index contributed by atoms with van der Waals surface area (Å²) in [6, 6.07) is 0. The zero-order valence-corrected chi connectivity index (χ0v) is 12.6. The molecule has 0 radical (unpaired) electrons. The highest BCUT2D eigenvalue weighted by atomic mass is 35.5. The minimum atomic E-state index is 0. The number of hydrogen-bond donors (Lipinski definition) is 1. The standard InChI is InChI=1S/C13H22N4O.ClH/c1-4-17(5-2)13(18)12-8-14-7-11(12)10-6-15-16(3)9-10;/h6,9,11-12,14H,4-5,7-8H2,1-3H3;1H/t11-,12+;/m1./s1. The third kappa shape index (κ3) is 3.28. The normalized spacial score (nSPS) is 22.1. The van der Waals surface area contributed by atoms with E-state index < -0.39 is 0 Å².